The Labute approximate surface area is 182 Å². The van der Waals surface area contributed by atoms with Crippen molar-refractivity contribution in [1.29, 1.82) is 0 Å². The van der Waals surface area contributed by atoms with Crippen LogP contribution in [0, 0.1) is 24.0 Å². The van der Waals surface area contributed by atoms with Gasteiger partial charge in [0.15, 0.2) is 0 Å². The van der Waals surface area contributed by atoms with Crippen LogP contribution < -0.4 is 5.01 Å². The van der Waals surface area contributed by atoms with Crippen molar-refractivity contribution in [1.82, 2.24) is 4.98 Å². The van der Waals surface area contributed by atoms with E-state index in [-0.39, 0.29) is 11.6 Å². The zero-order valence-electron chi connectivity index (χ0n) is 16.9. The summed E-state index contributed by atoms with van der Waals surface area (Å²) in [6, 6.07) is 19.1. The molecular weight excluding hydrogens is 412 g/mol. The summed E-state index contributed by atoms with van der Waals surface area (Å²) in [5, 5.41) is 17.0. The first kappa shape index (κ1) is 20.4. The van der Waals surface area contributed by atoms with Crippen LogP contribution in [0.1, 0.15) is 27.0 Å². The number of rotatable bonds is 5. The molecule has 1 heterocycles. The molecule has 0 radical (unpaired) electrons. The molecule has 3 aromatic carbocycles. The molecule has 1 aromatic heterocycles. The predicted molar refractivity (Wildman–Crippen MR) is 123 cm³/mol. The van der Waals surface area contributed by atoms with Gasteiger partial charge in [-0.15, -0.1) is 0 Å². The highest BCUT2D eigenvalue weighted by Gasteiger charge is 2.21. The van der Waals surface area contributed by atoms with Crippen LogP contribution in [0.25, 0.3) is 10.2 Å². The second-order valence-corrected chi connectivity index (χ2v) is 8.06. The van der Waals surface area contributed by atoms with Gasteiger partial charge in [0.2, 0.25) is 5.13 Å². The van der Waals surface area contributed by atoms with Crippen molar-refractivity contribution in [2.75, 3.05) is 5.01 Å². The van der Waals surface area contributed by atoms with Gasteiger partial charge >= 0.3 is 0 Å². The first-order chi connectivity index (χ1) is 14.9. The second-order valence-electron chi connectivity index (χ2n) is 7.05. The largest absolute Gasteiger partial charge is 0.280 e. The number of nitro groups is 1. The number of hydrogen-bond donors (Lipinski definition) is 0. The van der Waals surface area contributed by atoms with Gasteiger partial charge in [-0.25, -0.2) is 4.98 Å². The van der Waals surface area contributed by atoms with E-state index in [1.165, 1.54) is 34.7 Å². The van der Waals surface area contributed by atoms with Gasteiger partial charge in [0.05, 0.1) is 21.4 Å². The highest BCUT2D eigenvalue weighted by atomic mass is 32.1. The molecule has 0 unspecified atom stereocenters. The number of carbonyl (C=O) groups excluding carboxylic acids is 1. The molecule has 0 aliphatic heterocycles. The number of non-ortho nitro benzene ring substituents is 1. The Morgan fingerprint density at radius 1 is 1.06 bits per heavy atom. The highest BCUT2D eigenvalue weighted by molar-refractivity contribution is 7.22. The Kier molecular flexibility index (Phi) is 5.55. The number of carbonyl (C=O) groups is 1. The number of thiazole rings is 1. The standard InChI is InChI=1S/C23H18N4O3S/c1-15-4-3-5-18(12-15)22(28)26(23-25-20-11-6-16(2)13-21(20)31-23)24-14-17-7-9-19(10-8-17)27(29)30/h3-14H,1-2H3/b24-14+. The Morgan fingerprint density at radius 2 is 1.81 bits per heavy atom. The highest BCUT2D eigenvalue weighted by Crippen LogP contribution is 2.30. The average molecular weight is 430 g/mol. The topological polar surface area (TPSA) is 88.7 Å². The third-order valence-corrected chi connectivity index (χ3v) is 5.59. The summed E-state index contributed by atoms with van der Waals surface area (Å²) in [4.78, 5) is 28.3. The summed E-state index contributed by atoms with van der Waals surface area (Å²) in [5.41, 5.74) is 3.98. The number of hydrazone groups is 1. The molecule has 4 aromatic rings. The quantitative estimate of drug-likeness (QED) is 0.237. The fraction of sp³-hybridized carbons (Fsp3) is 0.0870. The minimum Gasteiger partial charge on any atom is -0.267 e. The van der Waals surface area contributed by atoms with Crippen LogP contribution >= 0.6 is 11.3 Å². The zero-order chi connectivity index (χ0) is 22.0. The molecule has 7 nitrogen and oxygen atoms in total. The third kappa shape index (κ3) is 4.49. The lowest BCUT2D eigenvalue weighted by atomic mass is 10.1. The van der Waals surface area contributed by atoms with Gasteiger partial charge in [0, 0.05) is 17.7 Å². The Bertz CT molecular complexity index is 1310. The van der Waals surface area contributed by atoms with Crippen molar-refractivity contribution in [3.05, 3.63) is 99.1 Å². The molecule has 0 N–H and O–H groups in total. The molecular formula is C23H18N4O3S. The van der Waals surface area contributed by atoms with E-state index in [0.29, 0.717) is 16.3 Å². The number of nitro benzene ring substituents is 1. The van der Waals surface area contributed by atoms with Crippen molar-refractivity contribution in [3.63, 3.8) is 0 Å². The van der Waals surface area contributed by atoms with Gasteiger partial charge in [-0.2, -0.15) is 10.1 Å². The molecule has 0 bridgehead atoms. The van der Waals surface area contributed by atoms with Gasteiger partial charge in [0.1, 0.15) is 0 Å². The fourth-order valence-electron chi connectivity index (χ4n) is 3.01. The minimum atomic E-state index is -0.461. The summed E-state index contributed by atoms with van der Waals surface area (Å²) < 4.78 is 0.961. The van der Waals surface area contributed by atoms with E-state index in [1.807, 2.05) is 44.2 Å². The first-order valence-corrected chi connectivity index (χ1v) is 10.3. The summed E-state index contributed by atoms with van der Waals surface area (Å²) >= 11 is 1.38. The van der Waals surface area contributed by atoms with Gasteiger partial charge < -0.3 is 0 Å². The number of fused-ring (bicyclic) bond motifs is 1. The van der Waals surface area contributed by atoms with Crippen molar-refractivity contribution >= 4 is 44.5 Å². The average Bonchev–Trinajstić information content (AvgIpc) is 3.16. The number of anilines is 1. The summed E-state index contributed by atoms with van der Waals surface area (Å²) in [7, 11) is 0. The molecule has 0 atom stereocenters. The lowest BCUT2D eigenvalue weighted by Crippen LogP contribution is -2.25. The molecule has 0 saturated heterocycles. The molecule has 4 rings (SSSR count). The van der Waals surface area contributed by atoms with Crippen LogP contribution in [0.5, 0.6) is 0 Å². The Hall–Kier alpha value is -3.91. The summed E-state index contributed by atoms with van der Waals surface area (Å²) in [6.07, 6.45) is 1.49. The Morgan fingerprint density at radius 3 is 2.52 bits per heavy atom. The van der Waals surface area contributed by atoms with Crippen LogP contribution in [0.2, 0.25) is 0 Å². The lowest BCUT2D eigenvalue weighted by Gasteiger charge is -2.14. The van der Waals surface area contributed by atoms with Gasteiger partial charge in [0.25, 0.3) is 11.6 Å². The van der Waals surface area contributed by atoms with E-state index >= 15 is 0 Å². The molecule has 0 aliphatic carbocycles. The number of amides is 1. The Balaban J connectivity index is 1.74. The SMILES string of the molecule is Cc1cccc(C(=O)N(/N=C/c2ccc([N+](=O)[O-])cc2)c2nc3ccc(C)cc3s2)c1. The number of hydrogen-bond acceptors (Lipinski definition) is 6. The van der Waals surface area contributed by atoms with E-state index in [9.17, 15) is 14.9 Å². The molecule has 1 amide bonds. The van der Waals surface area contributed by atoms with E-state index in [4.69, 9.17) is 0 Å². The van der Waals surface area contributed by atoms with Crippen LogP contribution in [-0.4, -0.2) is 22.0 Å². The predicted octanol–water partition coefficient (Wildman–Crippen LogP) is 5.50. The monoisotopic (exact) mass is 430 g/mol. The smallest absolute Gasteiger partial charge is 0.267 e. The number of nitrogens with zero attached hydrogens (tertiary/aromatic N) is 4. The zero-order valence-corrected chi connectivity index (χ0v) is 17.7. The number of aryl methyl sites for hydroxylation is 2. The molecule has 154 valence electrons. The van der Waals surface area contributed by atoms with Gasteiger partial charge in [-0.1, -0.05) is 35.1 Å². The molecule has 8 heteroatoms. The normalized spacial score (nSPS) is 11.2. The van der Waals surface area contributed by atoms with Crippen molar-refractivity contribution in [3.8, 4) is 0 Å². The third-order valence-electron chi connectivity index (χ3n) is 4.60. The van der Waals surface area contributed by atoms with Crippen LogP contribution in [0.4, 0.5) is 10.8 Å². The molecule has 31 heavy (non-hydrogen) atoms. The summed E-state index contributed by atoms with van der Waals surface area (Å²) in [6.45, 7) is 3.92. The summed E-state index contributed by atoms with van der Waals surface area (Å²) in [5.74, 6) is -0.308. The van der Waals surface area contributed by atoms with E-state index in [2.05, 4.69) is 10.1 Å². The maximum Gasteiger partial charge on any atom is 0.280 e. The lowest BCUT2D eigenvalue weighted by molar-refractivity contribution is -0.384. The maximum absolute atomic E-state index is 13.3. The molecule has 0 aliphatic rings. The van der Waals surface area contributed by atoms with Crippen LogP contribution in [0.3, 0.4) is 0 Å². The van der Waals surface area contributed by atoms with Crippen LogP contribution in [-0.2, 0) is 0 Å². The van der Waals surface area contributed by atoms with Crippen molar-refractivity contribution in [2.45, 2.75) is 13.8 Å². The molecule has 0 fully saturated rings. The van der Waals surface area contributed by atoms with Gasteiger partial charge in [-0.3, -0.25) is 14.9 Å². The molecule has 0 spiro atoms. The number of benzene rings is 3. The van der Waals surface area contributed by atoms with E-state index in [0.717, 1.165) is 21.3 Å². The van der Waals surface area contributed by atoms with Gasteiger partial charge in [-0.05, 0) is 61.4 Å². The van der Waals surface area contributed by atoms with Crippen molar-refractivity contribution in [2.24, 2.45) is 5.10 Å². The van der Waals surface area contributed by atoms with E-state index in [1.54, 1.807) is 24.3 Å². The molecule has 0 saturated carbocycles. The fourth-order valence-corrected chi connectivity index (χ4v) is 4.03. The van der Waals surface area contributed by atoms with Crippen LogP contribution in [0.15, 0.2) is 71.8 Å². The number of aromatic nitrogens is 1. The first-order valence-electron chi connectivity index (χ1n) is 9.47. The van der Waals surface area contributed by atoms with E-state index < -0.39 is 4.92 Å². The second kappa shape index (κ2) is 8.45. The van der Waals surface area contributed by atoms with Crippen molar-refractivity contribution < 1.29 is 9.72 Å². The maximum atomic E-state index is 13.3. The minimum absolute atomic E-state index is 0.00798.